The Morgan fingerprint density at radius 3 is 2.34 bits per heavy atom. The third-order valence-electron chi connectivity index (χ3n) is 6.66. The maximum Gasteiger partial charge on any atom is 0.257 e. The van der Waals surface area contributed by atoms with Crippen molar-refractivity contribution >= 4 is 21.8 Å². The number of aromatic amines is 2. The second kappa shape index (κ2) is 9.31. The molecule has 1 aliphatic heterocycles. The number of nitrogens with one attached hydrogen (secondary N) is 2. The highest BCUT2D eigenvalue weighted by molar-refractivity contribution is 5.89. The van der Waals surface area contributed by atoms with Crippen LogP contribution in [0.2, 0.25) is 0 Å². The van der Waals surface area contributed by atoms with Crippen molar-refractivity contribution in [1.82, 2.24) is 14.9 Å². The number of benzene rings is 2. The van der Waals surface area contributed by atoms with Crippen LogP contribution in [0.4, 0.5) is 0 Å². The van der Waals surface area contributed by atoms with Crippen molar-refractivity contribution in [2.24, 2.45) is 5.73 Å². The van der Waals surface area contributed by atoms with E-state index in [9.17, 15) is 4.79 Å². The molecule has 2 aromatic heterocycles. The number of pyridine rings is 1. The number of hydrogen-bond donors (Lipinski definition) is 3. The van der Waals surface area contributed by atoms with Crippen LogP contribution in [-0.4, -0.2) is 34.5 Å². The van der Waals surface area contributed by atoms with Crippen LogP contribution in [0.5, 0.6) is 0 Å². The Kier molecular flexibility index (Phi) is 6.10. The maximum absolute atomic E-state index is 12.8. The number of fused-ring (bicyclic) bond motifs is 2. The van der Waals surface area contributed by atoms with Crippen molar-refractivity contribution in [2.75, 3.05) is 19.6 Å². The Balaban J connectivity index is 1.44. The highest BCUT2D eigenvalue weighted by Crippen LogP contribution is 2.26. The van der Waals surface area contributed by atoms with Gasteiger partial charge in [-0.15, -0.1) is 0 Å². The number of nitrogens with zero attached hydrogens (tertiary/aromatic N) is 1. The Morgan fingerprint density at radius 1 is 0.812 bits per heavy atom. The molecule has 2 aromatic carbocycles. The molecule has 0 radical (unpaired) electrons. The SMILES string of the molecule is NCCCCc1ccc2[nH]c(=O)c(-c3cc4cc(CN5CCCCC5)ccc4[nH]3)cc2c1. The molecule has 32 heavy (non-hydrogen) atoms. The van der Waals surface area contributed by atoms with Gasteiger partial charge in [0.2, 0.25) is 0 Å². The molecule has 5 heteroatoms. The molecule has 166 valence electrons. The second-order valence-electron chi connectivity index (χ2n) is 9.12. The van der Waals surface area contributed by atoms with Crippen molar-refractivity contribution in [2.45, 2.75) is 45.1 Å². The highest BCUT2D eigenvalue weighted by atomic mass is 16.1. The molecule has 0 unspecified atom stereocenters. The summed E-state index contributed by atoms with van der Waals surface area (Å²) in [6.45, 7) is 4.11. The zero-order valence-electron chi connectivity index (χ0n) is 18.6. The molecular formula is C27H32N4O. The molecule has 3 heterocycles. The first kappa shape index (κ1) is 21.0. The average Bonchev–Trinajstić information content (AvgIpc) is 3.23. The third-order valence-corrected chi connectivity index (χ3v) is 6.66. The monoisotopic (exact) mass is 428 g/mol. The summed E-state index contributed by atoms with van der Waals surface area (Å²) in [7, 11) is 0. The van der Waals surface area contributed by atoms with Gasteiger partial charge >= 0.3 is 0 Å². The van der Waals surface area contributed by atoms with E-state index in [2.05, 4.69) is 51.3 Å². The first-order valence-electron chi connectivity index (χ1n) is 11.9. The van der Waals surface area contributed by atoms with Crippen molar-refractivity contribution in [3.63, 3.8) is 0 Å². The third kappa shape index (κ3) is 4.50. The molecular weight excluding hydrogens is 396 g/mol. The number of unbranched alkanes of at least 4 members (excludes halogenated alkanes) is 1. The van der Waals surface area contributed by atoms with E-state index in [-0.39, 0.29) is 5.56 Å². The largest absolute Gasteiger partial charge is 0.354 e. The average molecular weight is 429 g/mol. The molecule has 5 rings (SSSR count). The number of piperidine rings is 1. The first-order valence-corrected chi connectivity index (χ1v) is 11.9. The van der Waals surface area contributed by atoms with Gasteiger partial charge in [-0.1, -0.05) is 18.6 Å². The van der Waals surface area contributed by atoms with Gasteiger partial charge < -0.3 is 15.7 Å². The van der Waals surface area contributed by atoms with Gasteiger partial charge in [0.1, 0.15) is 0 Å². The number of likely N-dealkylation sites (tertiary alicyclic amines) is 1. The standard InChI is InChI=1S/C27H32N4O/c28-11-3-2-6-19-7-9-25-21(14-19)16-23(27(32)30-25)26-17-22-15-20(8-10-24(22)29-26)18-31-12-4-1-5-13-31/h7-10,14-17,29H,1-6,11-13,18,28H2,(H,30,32). The number of H-pyrrole nitrogens is 2. The molecule has 0 bridgehead atoms. The van der Waals surface area contributed by atoms with Crippen LogP contribution < -0.4 is 11.3 Å². The van der Waals surface area contributed by atoms with Crippen molar-refractivity contribution in [3.8, 4) is 11.3 Å². The number of nitrogens with two attached hydrogens (primary N) is 1. The molecule has 4 N–H and O–H groups in total. The van der Waals surface area contributed by atoms with Crippen LogP contribution in [0.15, 0.2) is 53.3 Å². The Labute approximate surface area is 188 Å². The van der Waals surface area contributed by atoms with E-state index in [0.717, 1.165) is 59.9 Å². The van der Waals surface area contributed by atoms with Crippen LogP contribution in [0.3, 0.4) is 0 Å². The van der Waals surface area contributed by atoms with Gasteiger partial charge in [0.25, 0.3) is 5.56 Å². The fourth-order valence-electron chi connectivity index (χ4n) is 4.89. The molecule has 0 amide bonds. The number of aryl methyl sites for hydroxylation is 1. The highest BCUT2D eigenvalue weighted by Gasteiger charge is 2.13. The Morgan fingerprint density at radius 2 is 1.53 bits per heavy atom. The molecule has 1 aliphatic rings. The summed E-state index contributed by atoms with van der Waals surface area (Å²) in [6.07, 6.45) is 7.08. The van der Waals surface area contributed by atoms with Crippen LogP contribution in [0.25, 0.3) is 33.1 Å². The van der Waals surface area contributed by atoms with E-state index in [1.54, 1.807) is 0 Å². The number of hydrogen-bond acceptors (Lipinski definition) is 3. The minimum Gasteiger partial charge on any atom is -0.354 e. The van der Waals surface area contributed by atoms with Gasteiger partial charge in [-0.25, -0.2) is 0 Å². The van der Waals surface area contributed by atoms with Gasteiger partial charge in [0.05, 0.1) is 11.3 Å². The molecule has 4 aromatic rings. The molecule has 0 saturated carbocycles. The summed E-state index contributed by atoms with van der Waals surface area (Å²) in [5.41, 5.74) is 11.7. The molecule has 1 saturated heterocycles. The van der Waals surface area contributed by atoms with E-state index in [4.69, 9.17) is 5.73 Å². The quantitative estimate of drug-likeness (QED) is 0.365. The van der Waals surface area contributed by atoms with Gasteiger partial charge in [0, 0.05) is 23.0 Å². The molecule has 0 aliphatic carbocycles. The van der Waals surface area contributed by atoms with Gasteiger partial charge in [-0.2, -0.15) is 0 Å². The summed E-state index contributed by atoms with van der Waals surface area (Å²) in [5.74, 6) is 0. The lowest BCUT2D eigenvalue weighted by Gasteiger charge is -2.26. The predicted molar refractivity (Wildman–Crippen MR) is 133 cm³/mol. The zero-order chi connectivity index (χ0) is 21.9. The van der Waals surface area contributed by atoms with Crippen LogP contribution in [0.1, 0.15) is 43.2 Å². The van der Waals surface area contributed by atoms with Crippen molar-refractivity contribution in [3.05, 3.63) is 70.0 Å². The summed E-state index contributed by atoms with van der Waals surface area (Å²) < 4.78 is 0. The van der Waals surface area contributed by atoms with E-state index in [0.29, 0.717) is 5.56 Å². The van der Waals surface area contributed by atoms with Gasteiger partial charge in [-0.3, -0.25) is 9.69 Å². The second-order valence-corrected chi connectivity index (χ2v) is 9.12. The van der Waals surface area contributed by atoms with Gasteiger partial charge in [-0.05, 0) is 105 Å². The van der Waals surface area contributed by atoms with E-state index in [1.165, 1.54) is 43.5 Å². The molecule has 0 spiro atoms. The normalized spacial score (nSPS) is 15.0. The zero-order valence-corrected chi connectivity index (χ0v) is 18.6. The predicted octanol–water partition coefficient (Wildman–Crippen LogP) is 4.94. The van der Waals surface area contributed by atoms with Crippen LogP contribution in [-0.2, 0) is 13.0 Å². The maximum atomic E-state index is 12.8. The van der Waals surface area contributed by atoms with Gasteiger partial charge in [0.15, 0.2) is 0 Å². The smallest absolute Gasteiger partial charge is 0.257 e. The fourth-order valence-corrected chi connectivity index (χ4v) is 4.89. The van der Waals surface area contributed by atoms with Crippen LogP contribution >= 0.6 is 0 Å². The minimum absolute atomic E-state index is 0.0616. The van der Waals surface area contributed by atoms with Crippen molar-refractivity contribution in [1.29, 1.82) is 0 Å². The lowest BCUT2D eigenvalue weighted by Crippen LogP contribution is -2.28. The van der Waals surface area contributed by atoms with E-state index >= 15 is 0 Å². The van der Waals surface area contributed by atoms with Crippen molar-refractivity contribution < 1.29 is 0 Å². The summed E-state index contributed by atoms with van der Waals surface area (Å²) >= 11 is 0. The summed E-state index contributed by atoms with van der Waals surface area (Å²) in [5, 5.41) is 2.22. The summed E-state index contributed by atoms with van der Waals surface area (Å²) in [6, 6.07) is 17.0. The molecule has 1 fully saturated rings. The van der Waals surface area contributed by atoms with E-state index < -0.39 is 0 Å². The number of aromatic nitrogens is 2. The lowest BCUT2D eigenvalue weighted by molar-refractivity contribution is 0.221. The molecule has 0 atom stereocenters. The Hall–Kier alpha value is -2.89. The van der Waals surface area contributed by atoms with E-state index in [1.807, 2.05) is 12.1 Å². The minimum atomic E-state index is -0.0616. The molecule has 5 nitrogen and oxygen atoms in total. The number of rotatable bonds is 7. The Bertz CT molecular complexity index is 1280. The first-order chi connectivity index (χ1) is 15.7. The topological polar surface area (TPSA) is 77.9 Å². The summed E-state index contributed by atoms with van der Waals surface area (Å²) in [4.78, 5) is 21.9. The van der Waals surface area contributed by atoms with Crippen LogP contribution in [0, 0.1) is 0 Å². The fraction of sp³-hybridized carbons (Fsp3) is 0.370. The lowest BCUT2D eigenvalue weighted by atomic mass is 10.0.